The van der Waals surface area contributed by atoms with E-state index in [2.05, 4.69) is 27.8 Å². The van der Waals surface area contributed by atoms with E-state index in [4.69, 9.17) is 0 Å². The Labute approximate surface area is 160 Å². The van der Waals surface area contributed by atoms with Crippen LogP contribution < -0.4 is 10.6 Å². The lowest BCUT2D eigenvalue weighted by Gasteiger charge is -2.47. The first kappa shape index (κ1) is 19.1. The van der Waals surface area contributed by atoms with Gasteiger partial charge in [0.05, 0.1) is 5.75 Å². The van der Waals surface area contributed by atoms with Gasteiger partial charge >= 0.3 is 0 Å². The summed E-state index contributed by atoms with van der Waals surface area (Å²) in [6.07, 6.45) is 5.06. The molecule has 10 heteroatoms. The number of aromatic nitrogens is 2. The summed E-state index contributed by atoms with van der Waals surface area (Å²) in [5.41, 5.74) is -0.862. The number of nitrogens with one attached hydrogen (secondary N) is 2. The van der Waals surface area contributed by atoms with Crippen LogP contribution in [-0.2, 0) is 14.4 Å². The van der Waals surface area contributed by atoms with Gasteiger partial charge in [0, 0.05) is 6.54 Å². The summed E-state index contributed by atoms with van der Waals surface area (Å²) in [4.78, 5) is 38.7. The highest BCUT2D eigenvalue weighted by atomic mass is 32.2. The summed E-state index contributed by atoms with van der Waals surface area (Å²) < 4.78 is 0.697. The number of carbonyl (C=O) groups excluding carboxylic acids is 3. The Morgan fingerprint density at radius 3 is 2.81 bits per heavy atom. The second-order valence-corrected chi connectivity index (χ2v) is 8.74. The third kappa shape index (κ3) is 4.01. The second-order valence-electron chi connectivity index (χ2n) is 6.54. The molecule has 3 rings (SSSR count). The van der Waals surface area contributed by atoms with Crippen LogP contribution in [0.25, 0.3) is 0 Å². The molecule has 0 bridgehead atoms. The van der Waals surface area contributed by atoms with E-state index in [0.29, 0.717) is 17.2 Å². The molecule has 2 aliphatic rings. The fraction of sp³-hybridized carbons (Fsp3) is 0.688. The summed E-state index contributed by atoms with van der Waals surface area (Å²) in [5.74, 6) is -0.788. The van der Waals surface area contributed by atoms with E-state index >= 15 is 0 Å². The van der Waals surface area contributed by atoms with Crippen molar-refractivity contribution in [2.75, 3.05) is 24.2 Å². The van der Waals surface area contributed by atoms with Crippen LogP contribution in [0.2, 0.25) is 0 Å². The van der Waals surface area contributed by atoms with E-state index in [9.17, 15) is 14.4 Å². The van der Waals surface area contributed by atoms with Crippen molar-refractivity contribution in [3.05, 3.63) is 0 Å². The van der Waals surface area contributed by atoms with Gasteiger partial charge in [0.25, 0.3) is 5.91 Å². The molecule has 2 heterocycles. The van der Waals surface area contributed by atoms with E-state index in [1.54, 1.807) is 0 Å². The van der Waals surface area contributed by atoms with Gasteiger partial charge in [0.1, 0.15) is 12.1 Å². The van der Waals surface area contributed by atoms with Gasteiger partial charge in [-0.1, -0.05) is 49.3 Å². The van der Waals surface area contributed by atoms with Crippen molar-refractivity contribution in [3.8, 4) is 0 Å². The van der Waals surface area contributed by atoms with Crippen LogP contribution in [0.4, 0.5) is 5.13 Å². The van der Waals surface area contributed by atoms with Gasteiger partial charge in [-0.2, -0.15) is 0 Å². The van der Waals surface area contributed by atoms with E-state index in [-0.39, 0.29) is 24.1 Å². The van der Waals surface area contributed by atoms with E-state index in [0.717, 1.165) is 37.4 Å². The number of thioether (sulfide) groups is 1. The molecule has 8 nitrogen and oxygen atoms in total. The van der Waals surface area contributed by atoms with Crippen molar-refractivity contribution in [2.24, 2.45) is 0 Å². The molecule has 1 aliphatic carbocycles. The molecule has 1 aromatic rings. The average Bonchev–Trinajstić information content (AvgIpc) is 3.10. The zero-order valence-corrected chi connectivity index (χ0v) is 16.4. The third-order valence-electron chi connectivity index (χ3n) is 4.73. The third-order valence-corrected chi connectivity index (χ3v) is 6.73. The minimum atomic E-state index is -0.862. The number of piperazine rings is 1. The molecule has 26 heavy (non-hydrogen) atoms. The molecule has 142 valence electrons. The number of hydrogen-bond donors (Lipinski definition) is 2. The lowest BCUT2D eigenvalue weighted by atomic mass is 9.78. The maximum atomic E-state index is 12.8. The molecule has 1 spiro atoms. The summed E-state index contributed by atoms with van der Waals surface area (Å²) in [6, 6.07) is 0. The summed E-state index contributed by atoms with van der Waals surface area (Å²) in [7, 11) is 0. The largest absolute Gasteiger partial charge is 0.360 e. The maximum Gasteiger partial charge on any atom is 0.252 e. The molecular weight excluding hydrogens is 374 g/mol. The van der Waals surface area contributed by atoms with Crippen LogP contribution in [0.5, 0.6) is 0 Å². The molecule has 1 saturated heterocycles. The molecule has 0 atom stereocenters. The number of hydrogen-bond acceptors (Lipinski definition) is 8. The number of amides is 3. The number of rotatable bonds is 6. The zero-order valence-electron chi connectivity index (χ0n) is 14.7. The molecule has 3 amide bonds. The van der Waals surface area contributed by atoms with Crippen molar-refractivity contribution < 1.29 is 14.4 Å². The SMILES string of the molecule is CCCNc1nnc(SCC(=O)N2CC(=O)NC(=O)C23CCCCC3)s1. The fourth-order valence-corrected chi connectivity index (χ4v) is 5.09. The first-order valence-electron chi connectivity index (χ1n) is 8.90. The molecule has 2 N–H and O–H groups in total. The standard InChI is InChI=1S/C16H23N5O3S2/c1-2-8-17-14-19-20-15(26-14)25-10-12(23)21-9-11(22)18-13(24)16(21)6-4-3-5-7-16/h2-10H2,1H3,(H,17,19)(H,18,22,24). The topological polar surface area (TPSA) is 104 Å². The van der Waals surface area contributed by atoms with Crippen LogP contribution in [0.1, 0.15) is 45.4 Å². The number of nitrogens with zero attached hydrogens (tertiary/aromatic N) is 3. The Morgan fingerprint density at radius 2 is 2.08 bits per heavy atom. The van der Waals surface area contributed by atoms with Crippen molar-refractivity contribution in [1.29, 1.82) is 0 Å². The summed E-state index contributed by atoms with van der Waals surface area (Å²) in [6.45, 7) is 2.84. The molecule has 0 radical (unpaired) electrons. The van der Waals surface area contributed by atoms with Crippen LogP contribution in [0, 0.1) is 0 Å². The molecule has 2 fully saturated rings. The first-order chi connectivity index (χ1) is 12.5. The minimum absolute atomic E-state index is 0.0510. The van der Waals surface area contributed by atoms with Gasteiger partial charge in [0.2, 0.25) is 16.9 Å². The zero-order chi connectivity index (χ0) is 18.6. The van der Waals surface area contributed by atoms with Crippen LogP contribution in [0.3, 0.4) is 0 Å². The maximum absolute atomic E-state index is 12.8. The van der Waals surface area contributed by atoms with Gasteiger partial charge < -0.3 is 10.2 Å². The Hall–Kier alpha value is -1.68. The average molecular weight is 398 g/mol. The Kier molecular flexibility index (Phi) is 6.13. The Bertz CT molecular complexity index is 687. The molecule has 1 aromatic heterocycles. The predicted molar refractivity (Wildman–Crippen MR) is 100 cm³/mol. The van der Waals surface area contributed by atoms with Crippen molar-refractivity contribution in [2.45, 2.75) is 55.3 Å². The smallest absolute Gasteiger partial charge is 0.252 e. The lowest BCUT2D eigenvalue weighted by Crippen LogP contribution is -2.69. The highest BCUT2D eigenvalue weighted by Gasteiger charge is 2.50. The Morgan fingerprint density at radius 1 is 1.31 bits per heavy atom. The minimum Gasteiger partial charge on any atom is -0.360 e. The van der Waals surface area contributed by atoms with Crippen LogP contribution >= 0.6 is 23.1 Å². The Balaban J connectivity index is 1.65. The van der Waals surface area contributed by atoms with Crippen molar-refractivity contribution in [3.63, 3.8) is 0 Å². The quantitative estimate of drug-likeness (QED) is 0.555. The highest BCUT2D eigenvalue weighted by molar-refractivity contribution is 8.01. The molecule has 0 unspecified atom stereocenters. The van der Waals surface area contributed by atoms with E-state index < -0.39 is 11.4 Å². The van der Waals surface area contributed by atoms with Crippen LogP contribution in [0.15, 0.2) is 4.34 Å². The number of imide groups is 1. The van der Waals surface area contributed by atoms with Gasteiger partial charge in [0.15, 0.2) is 4.34 Å². The lowest BCUT2D eigenvalue weighted by molar-refractivity contribution is -0.158. The fourth-order valence-electron chi connectivity index (χ4n) is 3.43. The van der Waals surface area contributed by atoms with E-state index in [1.165, 1.54) is 28.0 Å². The second kappa shape index (κ2) is 8.34. The predicted octanol–water partition coefficient (Wildman–Crippen LogP) is 1.64. The summed E-state index contributed by atoms with van der Waals surface area (Å²) >= 11 is 2.70. The van der Waals surface area contributed by atoms with Gasteiger partial charge in [-0.25, -0.2) is 0 Å². The molecule has 0 aromatic carbocycles. The van der Waals surface area contributed by atoms with Gasteiger partial charge in [-0.3, -0.25) is 19.7 Å². The monoisotopic (exact) mass is 397 g/mol. The highest BCUT2D eigenvalue weighted by Crippen LogP contribution is 2.36. The van der Waals surface area contributed by atoms with E-state index in [1.807, 2.05) is 0 Å². The van der Waals surface area contributed by atoms with Crippen molar-refractivity contribution in [1.82, 2.24) is 20.4 Å². The van der Waals surface area contributed by atoms with Gasteiger partial charge in [-0.15, -0.1) is 10.2 Å². The molecule has 1 aliphatic heterocycles. The van der Waals surface area contributed by atoms with Crippen LogP contribution in [-0.4, -0.2) is 57.2 Å². The molecular formula is C16H23N5O3S2. The normalized spacial score (nSPS) is 19.5. The number of carbonyl (C=O) groups is 3. The first-order valence-corrected chi connectivity index (χ1v) is 10.7. The van der Waals surface area contributed by atoms with Gasteiger partial charge in [-0.05, 0) is 19.3 Å². The molecule has 1 saturated carbocycles. The summed E-state index contributed by atoms with van der Waals surface area (Å²) in [5, 5.41) is 14.4. The number of anilines is 1. The van der Waals surface area contributed by atoms with Crippen molar-refractivity contribution >= 4 is 46.0 Å².